The predicted octanol–water partition coefficient (Wildman–Crippen LogP) is 2.16. The fraction of sp³-hybridized carbons (Fsp3) is 0.545. The topological polar surface area (TPSA) is 116 Å². The highest BCUT2D eigenvalue weighted by Crippen LogP contribution is 2.56. The molecule has 4 atom stereocenters. The Hall–Kier alpha value is -2.55. The smallest absolute Gasteiger partial charge is 0.326 e. The molecule has 0 saturated carbocycles. The van der Waals surface area contributed by atoms with Gasteiger partial charge in [0.2, 0.25) is 11.8 Å². The minimum Gasteiger partial charge on any atom is -0.480 e. The van der Waals surface area contributed by atoms with Crippen LogP contribution in [0.5, 0.6) is 0 Å². The van der Waals surface area contributed by atoms with Crippen molar-refractivity contribution in [2.45, 2.75) is 69.3 Å². The van der Waals surface area contributed by atoms with Crippen molar-refractivity contribution in [1.82, 2.24) is 15.5 Å². The van der Waals surface area contributed by atoms with Gasteiger partial charge in [0, 0.05) is 10.3 Å². The number of carboxylic acids is 1. The van der Waals surface area contributed by atoms with Gasteiger partial charge in [0.15, 0.2) is 0 Å². The third kappa shape index (κ3) is 4.42. The molecule has 2 aliphatic heterocycles. The van der Waals surface area contributed by atoms with E-state index in [1.165, 1.54) is 6.92 Å². The first-order valence-electron chi connectivity index (χ1n) is 10.4. The van der Waals surface area contributed by atoms with Crippen molar-refractivity contribution in [2.24, 2.45) is 5.92 Å². The van der Waals surface area contributed by atoms with Gasteiger partial charge in [-0.25, -0.2) is 4.79 Å². The van der Waals surface area contributed by atoms with Crippen LogP contribution in [0.4, 0.5) is 0 Å². The molecule has 1 fully saturated rings. The fourth-order valence-electron chi connectivity index (χ4n) is 4.15. The first-order valence-corrected chi connectivity index (χ1v) is 11.2. The van der Waals surface area contributed by atoms with E-state index < -0.39 is 40.7 Å². The summed E-state index contributed by atoms with van der Waals surface area (Å²) >= 11 is 1.54. The van der Waals surface area contributed by atoms with Gasteiger partial charge >= 0.3 is 5.97 Å². The van der Waals surface area contributed by atoms with Gasteiger partial charge in [-0.3, -0.25) is 14.4 Å². The number of amides is 3. The van der Waals surface area contributed by atoms with Gasteiger partial charge in [-0.05, 0) is 44.7 Å². The Balaban J connectivity index is 1.73. The lowest BCUT2D eigenvalue weighted by atomic mass is 10.00. The number of hydrogen-bond donors (Lipinski definition) is 3. The molecule has 2 aliphatic rings. The number of carboxylic acid groups (broad SMARTS) is 1. The van der Waals surface area contributed by atoms with Crippen LogP contribution >= 0.6 is 11.8 Å². The van der Waals surface area contributed by atoms with Gasteiger partial charge in [0.25, 0.3) is 5.91 Å². The van der Waals surface area contributed by atoms with E-state index in [1.807, 2.05) is 39.8 Å². The SMILES string of the molecule is CC(C)CC(NC(=O)C(C)NC(=O)C1N2C(=O)c3ccccc3C2SC1(C)C)C(=O)O. The molecule has 3 N–H and O–H groups in total. The lowest BCUT2D eigenvalue weighted by Crippen LogP contribution is -2.57. The van der Waals surface area contributed by atoms with E-state index in [1.54, 1.807) is 28.8 Å². The molecule has 1 aromatic rings. The monoisotopic (exact) mass is 447 g/mol. The van der Waals surface area contributed by atoms with Gasteiger partial charge < -0.3 is 20.6 Å². The molecule has 0 bridgehead atoms. The second-order valence-corrected chi connectivity index (χ2v) is 10.8. The number of benzene rings is 1. The molecule has 0 radical (unpaired) electrons. The highest BCUT2D eigenvalue weighted by atomic mass is 32.2. The quantitative estimate of drug-likeness (QED) is 0.590. The summed E-state index contributed by atoms with van der Waals surface area (Å²) in [6.07, 6.45) is 0.288. The van der Waals surface area contributed by atoms with Crippen molar-refractivity contribution in [1.29, 1.82) is 0 Å². The highest BCUT2D eigenvalue weighted by molar-refractivity contribution is 8.01. The van der Waals surface area contributed by atoms with Crippen LogP contribution in [-0.2, 0) is 14.4 Å². The zero-order valence-corrected chi connectivity index (χ0v) is 19.2. The van der Waals surface area contributed by atoms with E-state index in [2.05, 4.69) is 10.6 Å². The van der Waals surface area contributed by atoms with Gasteiger partial charge in [-0.2, -0.15) is 0 Å². The fourth-order valence-corrected chi connectivity index (χ4v) is 5.74. The Morgan fingerprint density at radius 2 is 1.81 bits per heavy atom. The van der Waals surface area contributed by atoms with Crippen LogP contribution in [0.3, 0.4) is 0 Å². The molecule has 2 heterocycles. The van der Waals surface area contributed by atoms with Crippen molar-refractivity contribution in [2.75, 3.05) is 0 Å². The first kappa shape index (κ1) is 23.1. The number of hydrogen-bond acceptors (Lipinski definition) is 5. The number of aliphatic carboxylic acids is 1. The molecule has 3 amide bonds. The maximum atomic E-state index is 13.2. The molecule has 8 nitrogen and oxygen atoms in total. The average Bonchev–Trinajstić information content (AvgIpc) is 3.10. The molecule has 1 aromatic carbocycles. The summed E-state index contributed by atoms with van der Waals surface area (Å²) in [5.74, 6) is -2.23. The van der Waals surface area contributed by atoms with Crippen LogP contribution < -0.4 is 10.6 Å². The number of carbonyl (C=O) groups is 4. The second kappa shape index (κ2) is 8.53. The van der Waals surface area contributed by atoms with E-state index in [9.17, 15) is 24.3 Å². The van der Waals surface area contributed by atoms with Crippen LogP contribution in [0.2, 0.25) is 0 Å². The number of carbonyl (C=O) groups excluding carboxylic acids is 3. The van der Waals surface area contributed by atoms with E-state index in [-0.39, 0.29) is 23.6 Å². The van der Waals surface area contributed by atoms with Crippen molar-refractivity contribution in [3.05, 3.63) is 35.4 Å². The van der Waals surface area contributed by atoms with Crippen LogP contribution in [0, 0.1) is 5.92 Å². The molecule has 31 heavy (non-hydrogen) atoms. The summed E-state index contributed by atoms with van der Waals surface area (Å²) in [7, 11) is 0. The molecular weight excluding hydrogens is 418 g/mol. The lowest BCUT2D eigenvalue weighted by molar-refractivity contribution is -0.142. The predicted molar refractivity (Wildman–Crippen MR) is 117 cm³/mol. The number of nitrogens with zero attached hydrogens (tertiary/aromatic N) is 1. The van der Waals surface area contributed by atoms with Crippen LogP contribution in [0.1, 0.15) is 62.3 Å². The van der Waals surface area contributed by atoms with Crippen LogP contribution in [0.25, 0.3) is 0 Å². The van der Waals surface area contributed by atoms with Gasteiger partial charge in [0.05, 0.1) is 0 Å². The Bertz CT molecular complexity index is 916. The molecule has 1 saturated heterocycles. The van der Waals surface area contributed by atoms with E-state index in [0.29, 0.717) is 5.56 Å². The summed E-state index contributed by atoms with van der Waals surface area (Å²) in [6, 6.07) is 4.60. The third-order valence-electron chi connectivity index (χ3n) is 5.62. The number of fused-ring (bicyclic) bond motifs is 3. The summed E-state index contributed by atoms with van der Waals surface area (Å²) in [6.45, 7) is 9.06. The zero-order valence-electron chi connectivity index (χ0n) is 18.3. The molecule has 3 rings (SSSR count). The molecule has 168 valence electrons. The maximum Gasteiger partial charge on any atom is 0.326 e. The second-order valence-electron chi connectivity index (χ2n) is 9.04. The standard InChI is InChI=1S/C22H29N3O5S/c1-11(2)10-15(21(29)30)24-17(26)12(3)23-18(27)16-22(4,5)31-20-14-9-7-6-8-13(14)19(28)25(16)20/h6-9,11-12,15-16,20H,10H2,1-5H3,(H,23,27)(H,24,26)(H,29,30). The summed E-state index contributed by atoms with van der Waals surface area (Å²) in [5, 5.41) is 14.3. The van der Waals surface area contributed by atoms with Crippen molar-refractivity contribution < 1.29 is 24.3 Å². The third-order valence-corrected chi connectivity index (χ3v) is 7.15. The van der Waals surface area contributed by atoms with Crippen LogP contribution in [-0.4, -0.2) is 56.6 Å². The first-order chi connectivity index (χ1) is 14.4. The van der Waals surface area contributed by atoms with Crippen molar-refractivity contribution >= 4 is 35.5 Å². The Morgan fingerprint density at radius 3 is 2.42 bits per heavy atom. The minimum atomic E-state index is -1.11. The molecule has 9 heteroatoms. The lowest BCUT2D eigenvalue weighted by Gasteiger charge is -2.30. The van der Waals surface area contributed by atoms with Crippen LogP contribution in [0.15, 0.2) is 24.3 Å². The minimum absolute atomic E-state index is 0.0855. The van der Waals surface area contributed by atoms with E-state index >= 15 is 0 Å². The Morgan fingerprint density at radius 1 is 1.16 bits per heavy atom. The van der Waals surface area contributed by atoms with Gasteiger partial charge in [-0.15, -0.1) is 11.8 Å². The molecule has 4 unspecified atom stereocenters. The van der Waals surface area contributed by atoms with Gasteiger partial charge in [0.1, 0.15) is 23.5 Å². The Labute approximate surface area is 186 Å². The highest BCUT2D eigenvalue weighted by Gasteiger charge is 2.57. The number of rotatable bonds is 7. The number of thioether (sulfide) groups is 1. The van der Waals surface area contributed by atoms with Crippen molar-refractivity contribution in [3.8, 4) is 0 Å². The summed E-state index contributed by atoms with van der Waals surface area (Å²) in [4.78, 5) is 51.8. The molecular formula is C22H29N3O5S. The average molecular weight is 448 g/mol. The largest absolute Gasteiger partial charge is 0.480 e. The maximum absolute atomic E-state index is 13.2. The Kier molecular flexibility index (Phi) is 6.36. The number of nitrogens with one attached hydrogen (secondary N) is 2. The van der Waals surface area contributed by atoms with Crippen molar-refractivity contribution in [3.63, 3.8) is 0 Å². The molecule has 0 aromatic heterocycles. The molecule has 0 spiro atoms. The van der Waals surface area contributed by atoms with E-state index in [0.717, 1.165) is 5.56 Å². The molecule has 0 aliphatic carbocycles. The normalized spacial score (nSPS) is 23.2. The summed E-state index contributed by atoms with van der Waals surface area (Å²) < 4.78 is -0.560. The van der Waals surface area contributed by atoms with E-state index in [4.69, 9.17) is 0 Å². The zero-order chi connectivity index (χ0) is 23.1. The van der Waals surface area contributed by atoms with Gasteiger partial charge in [-0.1, -0.05) is 32.0 Å². The summed E-state index contributed by atoms with van der Waals surface area (Å²) in [5.41, 5.74) is 1.49.